The van der Waals surface area contributed by atoms with Crippen LogP contribution in [-0.4, -0.2) is 31.3 Å². The Labute approximate surface area is 193 Å². The Morgan fingerprint density at radius 2 is 1.14 bits per heavy atom. The van der Waals surface area contributed by atoms with Gasteiger partial charge in [-0.15, -0.1) is 0 Å². The topological polar surface area (TPSA) is 84.5 Å². The largest absolute Gasteiger partial charge is 0.482 e. The summed E-state index contributed by atoms with van der Waals surface area (Å²) in [6.45, 7) is 7.19. The summed E-state index contributed by atoms with van der Waals surface area (Å²) in [5, 5.41) is 19.8. The minimum absolute atomic E-state index is 0. The van der Waals surface area contributed by atoms with Gasteiger partial charge in [0, 0.05) is 79.0 Å². The number of carboxylic acid groups (broad SMARTS) is 2. The number of carboxylic acids is 2. The van der Waals surface area contributed by atoms with Crippen LogP contribution in [0.5, 0.6) is 0 Å². The van der Waals surface area contributed by atoms with Gasteiger partial charge in [0.15, 0.2) is 0 Å². The molecule has 0 saturated heterocycles. The molecule has 0 aliphatic carbocycles. The second-order valence-corrected chi connectivity index (χ2v) is 6.24. The zero-order valence-corrected chi connectivity index (χ0v) is 18.5. The molecular weight excluding hydrogens is 445 g/mol. The summed E-state index contributed by atoms with van der Waals surface area (Å²) in [4.78, 5) is 21.5. The van der Waals surface area contributed by atoms with Gasteiger partial charge in [0.2, 0.25) is 0 Å². The van der Waals surface area contributed by atoms with Gasteiger partial charge in [-0.1, -0.05) is 36.4 Å². The van der Waals surface area contributed by atoms with E-state index in [9.17, 15) is 14.7 Å². The van der Waals surface area contributed by atoms with Gasteiger partial charge in [-0.05, 0) is 24.3 Å². The van der Waals surface area contributed by atoms with Crippen LogP contribution in [0, 0.1) is 13.8 Å². The van der Waals surface area contributed by atoms with Crippen molar-refractivity contribution in [2.24, 2.45) is 0 Å². The van der Waals surface area contributed by atoms with Crippen LogP contribution in [0.15, 0.2) is 73.1 Å². The Bertz CT molecular complexity index is 1070. The molecule has 2 heterocycles. The smallest absolute Gasteiger partial charge is 0.295 e. The molecule has 2 aromatic carbocycles. The maximum Gasteiger partial charge on any atom is 0.295 e. The van der Waals surface area contributed by atoms with E-state index in [1.807, 2.05) is 48.5 Å². The van der Waals surface area contributed by atoms with Crippen molar-refractivity contribution in [3.63, 3.8) is 0 Å². The van der Waals surface area contributed by atoms with Crippen molar-refractivity contribution in [3.05, 3.63) is 86.9 Å². The first-order valence-electron chi connectivity index (χ1n) is 8.63. The molecule has 2 N–H and O–H groups in total. The number of aromatic nitrogens is 2. The molecule has 7 heteroatoms. The Balaban J connectivity index is 0.000000234. The van der Waals surface area contributed by atoms with Crippen molar-refractivity contribution < 1.29 is 52.5 Å². The number of para-hydroxylation sites is 2. The summed E-state index contributed by atoms with van der Waals surface area (Å²) in [6.07, 6.45) is 3.34. The maximum atomic E-state index is 11.2. The second kappa shape index (κ2) is 9.85. The van der Waals surface area contributed by atoms with Gasteiger partial charge in [-0.25, -0.2) is 0 Å². The molecule has 2 aromatic heterocycles. The number of benzene rings is 2. The fourth-order valence-electron chi connectivity index (χ4n) is 3.08. The minimum atomic E-state index is -0.929. The number of hydrogen-bond donors (Lipinski definition) is 2. The van der Waals surface area contributed by atoms with E-state index in [0.29, 0.717) is 0 Å². The summed E-state index contributed by atoms with van der Waals surface area (Å²) >= 11 is 0. The van der Waals surface area contributed by atoms with E-state index in [0.717, 1.165) is 21.8 Å². The van der Waals surface area contributed by atoms with Gasteiger partial charge in [0.25, 0.3) is 11.9 Å². The van der Waals surface area contributed by atoms with Gasteiger partial charge in [-0.2, -0.15) is 0 Å². The van der Waals surface area contributed by atoms with E-state index in [1.165, 1.54) is 4.57 Å². The van der Waals surface area contributed by atoms with Crippen molar-refractivity contribution in [2.75, 3.05) is 0 Å². The molecule has 0 saturated carbocycles. The number of carbonyl (C=O) groups is 2. The van der Waals surface area contributed by atoms with Crippen molar-refractivity contribution in [2.45, 2.75) is 12.1 Å². The van der Waals surface area contributed by atoms with Gasteiger partial charge in [-0.3, -0.25) is 9.59 Å². The van der Waals surface area contributed by atoms with Crippen LogP contribution in [0.1, 0.15) is 12.1 Å². The number of nitrogens with zero attached hydrogens (tertiary/aromatic N) is 2. The van der Waals surface area contributed by atoms with Crippen LogP contribution in [0.25, 0.3) is 21.8 Å². The maximum absolute atomic E-state index is 11.2. The monoisotopic (exact) mass is 465 g/mol. The molecule has 0 fully saturated rings. The van der Waals surface area contributed by atoms with Crippen molar-refractivity contribution in [3.8, 4) is 0 Å². The zero-order chi connectivity index (χ0) is 20.3. The number of fused-ring (bicyclic) bond motifs is 3. The predicted octanol–water partition coefficient (Wildman–Crippen LogP) is 4.20. The van der Waals surface area contributed by atoms with E-state index in [-0.39, 0.29) is 32.7 Å². The predicted molar refractivity (Wildman–Crippen MR) is 108 cm³/mol. The van der Waals surface area contributed by atoms with E-state index >= 15 is 0 Å². The molecule has 0 aliphatic rings. The Morgan fingerprint density at radius 3 is 1.55 bits per heavy atom. The Morgan fingerprint density at radius 1 is 0.724 bits per heavy atom. The van der Waals surface area contributed by atoms with E-state index in [1.54, 1.807) is 29.1 Å². The summed E-state index contributed by atoms with van der Waals surface area (Å²) in [5.41, 5.74) is 1.81. The molecule has 29 heavy (non-hydrogen) atoms. The molecule has 0 spiro atoms. The molecule has 147 valence electrons. The van der Waals surface area contributed by atoms with Crippen LogP contribution in [0.3, 0.4) is 0 Å². The minimum Gasteiger partial charge on any atom is -0.482 e. The van der Waals surface area contributed by atoms with Crippen LogP contribution in [0.4, 0.5) is 0 Å². The van der Waals surface area contributed by atoms with Gasteiger partial charge in [0.1, 0.15) is 0 Å². The van der Waals surface area contributed by atoms with Gasteiger partial charge < -0.3 is 33.2 Å². The molecule has 6 nitrogen and oxygen atoms in total. The first-order chi connectivity index (χ1) is 13.4. The third-order valence-corrected chi connectivity index (χ3v) is 4.49. The van der Waals surface area contributed by atoms with Crippen LogP contribution >= 0.6 is 0 Å². The average molecular weight is 465 g/mol. The number of aliphatic carboxylic acids is 2. The SMILES string of the molecule is [CH2-][C@H](C(=O)O)n1c2ccccc2c2ccccc21.[CH2-][C@H](C(=O)O)n1cccc1.[Y]. The summed E-state index contributed by atoms with van der Waals surface area (Å²) in [7, 11) is 0. The summed E-state index contributed by atoms with van der Waals surface area (Å²) in [5.74, 6) is -1.85. The zero-order valence-electron chi connectivity index (χ0n) is 15.7. The summed E-state index contributed by atoms with van der Waals surface area (Å²) in [6, 6.07) is 17.6. The van der Waals surface area contributed by atoms with E-state index in [2.05, 4.69) is 13.8 Å². The third-order valence-electron chi connectivity index (χ3n) is 4.49. The van der Waals surface area contributed by atoms with E-state index < -0.39 is 24.0 Å². The van der Waals surface area contributed by atoms with Gasteiger partial charge >= 0.3 is 0 Å². The summed E-state index contributed by atoms with van der Waals surface area (Å²) < 4.78 is 3.30. The van der Waals surface area contributed by atoms with E-state index in [4.69, 9.17) is 5.11 Å². The quantitative estimate of drug-likeness (QED) is 0.443. The molecule has 0 unspecified atom stereocenters. The number of rotatable bonds is 4. The Hall–Kier alpha value is -2.44. The first kappa shape index (κ1) is 22.8. The standard InChI is InChI=1S/C15H12NO2.C7H8NO2.Y/c1-10(15(17)18)16-13-8-4-2-6-11(13)12-7-3-5-9-14(12)16;1-6(7(9)10)8-4-2-3-5-8;/h2-10H,1H2,(H,17,18);2-6H,1H2,(H,9,10);/q2*-1;/t10-;6-;/m11./s1. The van der Waals surface area contributed by atoms with Crippen molar-refractivity contribution >= 4 is 33.7 Å². The average Bonchev–Trinajstić information content (AvgIpc) is 3.33. The fraction of sp³-hybridized carbons (Fsp3) is 0.0909. The van der Waals surface area contributed by atoms with Crippen molar-refractivity contribution in [1.29, 1.82) is 0 Å². The van der Waals surface area contributed by atoms with Crippen LogP contribution in [0.2, 0.25) is 0 Å². The molecule has 0 amide bonds. The third kappa shape index (κ3) is 4.77. The van der Waals surface area contributed by atoms with Gasteiger partial charge in [0.05, 0.1) is 0 Å². The normalized spacial score (nSPS) is 12.5. The molecule has 0 bridgehead atoms. The molecule has 0 aliphatic heterocycles. The second-order valence-electron chi connectivity index (χ2n) is 6.24. The number of hydrogen-bond acceptors (Lipinski definition) is 2. The molecule has 2 atom stereocenters. The molecule has 4 aromatic rings. The molecule has 4 rings (SSSR count). The Kier molecular flexibility index (Phi) is 7.76. The van der Waals surface area contributed by atoms with Crippen molar-refractivity contribution in [1.82, 2.24) is 9.13 Å². The first-order valence-corrected chi connectivity index (χ1v) is 8.63. The molecular formula is C22H20N2O4Y-2. The molecule has 1 radical (unpaired) electrons. The van der Waals surface area contributed by atoms with Crippen LogP contribution in [-0.2, 0) is 42.3 Å². The fourth-order valence-corrected chi connectivity index (χ4v) is 3.08. The van der Waals surface area contributed by atoms with Crippen LogP contribution < -0.4 is 0 Å².